The number of aromatic amines is 1. The number of nitrogens with one attached hydrogen (secondary N) is 1. The number of rotatable bonds is 3. The van der Waals surface area contributed by atoms with Crippen molar-refractivity contribution < 1.29 is 9.53 Å². The van der Waals surface area contributed by atoms with E-state index in [-0.39, 0.29) is 5.97 Å². The van der Waals surface area contributed by atoms with E-state index in [2.05, 4.69) is 10.2 Å². The lowest BCUT2D eigenvalue weighted by Gasteiger charge is -1.93. The van der Waals surface area contributed by atoms with Gasteiger partial charge in [-0.05, 0) is 19.9 Å². The predicted octanol–water partition coefficient (Wildman–Crippen LogP) is 1.29. The summed E-state index contributed by atoms with van der Waals surface area (Å²) < 4.78 is 4.72. The van der Waals surface area contributed by atoms with E-state index >= 15 is 0 Å². The molecular formula is C9H12N2O2. The number of hydrogen-bond donors (Lipinski definition) is 1. The van der Waals surface area contributed by atoms with E-state index in [9.17, 15) is 4.79 Å². The number of carbonyl (C=O) groups is 1. The van der Waals surface area contributed by atoms with Gasteiger partial charge in [0.15, 0.2) is 0 Å². The Morgan fingerprint density at radius 2 is 2.54 bits per heavy atom. The lowest BCUT2D eigenvalue weighted by Crippen LogP contribution is -1.98. The Kier molecular flexibility index (Phi) is 3.25. The van der Waals surface area contributed by atoms with Gasteiger partial charge in [-0.2, -0.15) is 5.10 Å². The van der Waals surface area contributed by atoms with Crippen LogP contribution in [0.25, 0.3) is 6.08 Å². The van der Waals surface area contributed by atoms with Gasteiger partial charge in [-0.15, -0.1) is 0 Å². The van der Waals surface area contributed by atoms with Crippen molar-refractivity contribution >= 4 is 12.0 Å². The minimum atomic E-state index is -0.330. The van der Waals surface area contributed by atoms with Crippen molar-refractivity contribution in [3.63, 3.8) is 0 Å². The molecule has 13 heavy (non-hydrogen) atoms. The zero-order valence-electron chi connectivity index (χ0n) is 7.70. The highest BCUT2D eigenvalue weighted by Crippen LogP contribution is 2.04. The molecule has 0 amide bonds. The van der Waals surface area contributed by atoms with Gasteiger partial charge in [0, 0.05) is 17.3 Å². The van der Waals surface area contributed by atoms with Gasteiger partial charge in [-0.1, -0.05) is 0 Å². The van der Waals surface area contributed by atoms with Crippen LogP contribution >= 0.6 is 0 Å². The first-order chi connectivity index (χ1) is 6.24. The molecule has 0 aliphatic heterocycles. The first kappa shape index (κ1) is 9.51. The second-order valence-electron chi connectivity index (χ2n) is 2.54. The molecule has 1 heterocycles. The van der Waals surface area contributed by atoms with Crippen LogP contribution in [-0.2, 0) is 9.53 Å². The van der Waals surface area contributed by atoms with E-state index in [4.69, 9.17) is 4.74 Å². The van der Waals surface area contributed by atoms with Crippen molar-refractivity contribution in [3.05, 3.63) is 23.5 Å². The molecule has 1 N–H and O–H groups in total. The molecule has 70 valence electrons. The Morgan fingerprint density at radius 1 is 1.77 bits per heavy atom. The summed E-state index contributed by atoms with van der Waals surface area (Å²) in [6.07, 6.45) is 4.73. The number of nitrogens with zero attached hydrogens (tertiary/aromatic N) is 1. The first-order valence-electron chi connectivity index (χ1n) is 4.09. The van der Waals surface area contributed by atoms with E-state index in [1.54, 1.807) is 19.2 Å². The zero-order valence-corrected chi connectivity index (χ0v) is 7.70. The fourth-order valence-corrected chi connectivity index (χ4v) is 0.876. The van der Waals surface area contributed by atoms with E-state index in [0.717, 1.165) is 11.3 Å². The summed E-state index contributed by atoms with van der Waals surface area (Å²) in [6.45, 7) is 4.06. The number of esters is 1. The van der Waals surface area contributed by atoms with Crippen molar-refractivity contribution in [2.45, 2.75) is 13.8 Å². The number of aromatic nitrogens is 2. The van der Waals surface area contributed by atoms with E-state index in [1.165, 1.54) is 6.08 Å². The number of aryl methyl sites for hydroxylation is 1. The summed E-state index contributed by atoms with van der Waals surface area (Å²) in [4.78, 5) is 10.9. The van der Waals surface area contributed by atoms with Crippen molar-refractivity contribution in [1.29, 1.82) is 0 Å². The molecule has 0 bridgehead atoms. The molecule has 0 aromatic carbocycles. The molecule has 1 aromatic rings. The number of hydrogen-bond acceptors (Lipinski definition) is 3. The molecule has 0 saturated heterocycles. The molecule has 0 aliphatic carbocycles. The minimum Gasteiger partial charge on any atom is -0.463 e. The summed E-state index contributed by atoms with van der Waals surface area (Å²) in [5, 5.41) is 6.59. The Bertz CT molecular complexity index is 315. The van der Waals surface area contributed by atoms with E-state index in [1.807, 2.05) is 6.92 Å². The monoisotopic (exact) mass is 180 g/mol. The lowest BCUT2D eigenvalue weighted by atomic mass is 10.2. The molecule has 0 fully saturated rings. The Balaban J connectivity index is 2.58. The quantitative estimate of drug-likeness (QED) is 0.563. The van der Waals surface area contributed by atoms with Crippen LogP contribution in [-0.4, -0.2) is 22.8 Å². The van der Waals surface area contributed by atoms with Gasteiger partial charge >= 0.3 is 5.97 Å². The standard InChI is InChI=1S/C9H12N2O2/c1-3-13-9(12)5-4-8-6-10-11-7(8)2/h4-6H,3H2,1-2H3,(H,10,11). The van der Waals surface area contributed by atoms with Gasteiger partial charge in [-0.25, -0.2) is 4.79 Å². The molecular weight excluding hydrogens is 168 g/mol. The van der Waals surface area contributed by atoms with Crippen LogP contribution in [0.2, 0.25) is 0 Å². The van der Waals surface area contributed by atoms with Gasteiger partial charge < -0.3 is 4.74 Å². The second-order valence-corrected chi connectivity index (χ2v) is 2.54. The van der Waals surface area contributed by atoms with Crippen molar-refractivity contribution in [2.75, 3.05) is 6.61 Å². The highest BCUT2D eigenvalue weighted by molar-refractivity contribution is 5.87. The first-order valence-corrected chi connectivity index (χ1v) is 4.09. The third-order valence-corrected chi connectivity index (χ3v) is 1.55. The third kappa shape index (κ3) is 2.74. The van der Waals surface area contributed by atoms with Gasteiger partial charge in [0.25, 0.3) is 0 Å². The summed E-state index contributed by atoms with van der Waals surface area (Å²) >= 11 is 0. The molecule has 0 saturated carbocycles. The Hall–Kier alpha value is -1.58. The third-order valence-electron chi connectivity index (χ3n) is 1.55. The number of carbonyl (C=O) groups excluding carboxylic acids is 1. The van der Waals surface area contributed by atoms with Crippen LogP contribution in [0.5, 0.6) is 0 Å². The van der Waals surface area contributed by atoms with Gasteiger partial charge in [0.2, 0.25) is 0 Å². The summed E-state index contributed by atoms with van der Waals surface area (Å²) in [6, 6.07) is 0. The average molecular weight is 180 g/mol. The summed E-state index contributed by atoms with van der Waals surface area (Å²) in [5.74, 6) is -0.330. The largest absolute Gasteiger partial charge is 0.463 e. The maximum atomic E-state index is 10.9. The smallest absolute Gasteiger partial charge is 0.330 e. The van der Waals surface area contributed by atoms with Crippen LogP contribution in [0.1, 0.15) is 18.2 Å². The van der Waals surface area contributed by atoms with Gasteiger partial charge in [-0.3, -0.25) is 5.10 Å². The maximum absolute atomic E-state index is 10.9. The van der Waals surface area contributed by atoms with Crippen LogP contribution < -0.4 is 0 Å². The van der Waals surface area contributed by atoms with E-state index < -0.39 is 0 Å². The van der Waals surface area contributed by atoms with Crippen LogP contribution in [0.15, 0.2) is 12.3 Å². The molecule has 4 heteroatoms. The molecule has 0 spiro atoms. The SMILES string of the molecule is CCOC(=O)C=Cc1cn[nH]c1C. The van der Waals surface area contributed by atoms with Crippen molar-refractivity contribution in [2.24, 2.45) is 0 Å². The number of ether oxygens (including phenoxy) is 1. The summed E-state index contributed by atoms with van der Waals surface area (Å²) in [7, 11) is 0. The normalized spacial score (nSPS) is 10.6. The minimum absolute atomic E-state index is 0.330. The molecule has 0 aliphatic rings. The average Bonchev–Trinajstić information content (AvgIpc) is 2.48. The highest BCUT2D eigenvalue weighted by atomic mass is 16.5. The molecule has 0 radical (unpaired) electrons. The van der Waals surface area contributed by atoms with Gasteiger partial charge in [0.1, 0.15) is 0 Å². The highest BCUT2D eigenvalue weighted by Gasteiger charge is 1.97. The van der Waals surface area contributed by atoms with Crippen LogP contribution in [0.4, 0.5) is 0 Å². The van der Waals surface area contributed by atoms with Crippen molar-refractivity contribution in [3.8, 4) is 0 Å². The lowest BCUT2D eigenvalue weighted by molar-refractivity contribution is -0.137. The zero-order chi connectivity index (χ0) is 9.68. The predicted molar refractivity (Wildman–Crippen MR) is 49.0 cm³/mol. The van der Waals surface area contributed by atoms with Gasteiger partial charge in [0.05, 0.1) is 12.8 Å². The Labute approximate surface area is 76.6 Å². The maximum Gasteiger partial charge on any atom is 0.330 e. The van der Waals surface area contributed by atoms with E-state index in [0.29, 0.717) is 6.61 Å². The summed E-state index contributed by atoms with van der Waals surface area (Å²) in [5.41, 5.74) is 1.83. The van der Waals surface area contributed by atoms with Crippen LogP contribution in [0.3, 0.4) is 0 Å². The fourth-order valence-electron chi connectivity index (χ4n) is 0.876. The number of H-pyrrole nitrogens is 1. The topological polar surface area (TPSA) is 55.0 Å². The Morgan fingerprint density at radius 3 is 3.08 bits per heavy atom. The molecule has 0 atom stereocenters. The van der Waals surface area contributed by atoms with Crippen molar-refractivity contribution in [1.82, 2.24) is 10.2 Å². The molecule has 1 aromatic heterocycles. The molecule has 1 rings (SSSR count). The molecule has 0 unspecified atom stereocenters. The van der Waals surface area contributed by atoms with Crippen LogP contribution in [0, 0.1) is 6.92 Å². The molecule has 4 nitrogen and oxygen atoms in total. The second kappa shape index (κ2) is 4.45. The fraction of sp³-hybridized carbons (Fsp3) is 0.333.